The van der Waals surface area contributed by atoms with Crippen molar-refractivity contribution in [3.8, 4) is 17.5 Å². The number of hydrogen-bond acceptors (Lipinski definition) is 8. The second-order valence-corrected chi connectivity index (χ2v) is 10.4. The molecular formula is C26H30FN5O4. The fourth-order valence-electron chi connectivity index (χ4n) is 5.44. The van der Waals surface area contributed by atoms with E-state index in [1.54, 1.807) is 4.90 Å². The molecule has 1 amide bonds. The van der Waals surface area contributed by atoms with Crippen molar-refractivity contribution in [2.24, 2.45) is 5.41 Å². The Morgan fingerprint density at radius 2 is 2.03 bits per heavy atom. The van der Waals surface area contributed by atoms with E-state index in [1.807, 2.05) is 31.2 Å². The number of unbranched alkanes of at least 4 members (excludes halogenated alkanes) is 2. The zero-order valence-electron chi connectivity index (χ0n) is 20.4. The number of alkyl halides is 1. The molecule has 4 aliphatic rings. The minimum absolute atomic E-state index is 0.00526. The number of rotatable bonds is 12. The molecule has 9 nitrogen and oxygen atoms in total. The number of hydrogen-bond donors (Lipinski definition) is 0. The van der Waals surface area contributed by atoms with Crippen LogP contribution in [0.2, 0.25) is 0 Å². The van der Waals surface area contributed by atoms with Crippen molar-refractivity contribution in [1.82, 2.24) is 20.3 Å². The van der Waals surface area contributed by atoms with E-state index in [2.05, 4.69) is 20.3 Å². The van der Waals surface area contributed by atoms with Gasteiger partial charge in [-0.1, -0.05) is 22.7 Å². The van der Waals surface area contributed by atoms with Gasteiger partial charge in [0.1, 0.15) is 5.67 Å². The molecule has 2 aromatic heterocycles. The van der Waals surface area contributed by atoms with E-state index in [9.17, 15) is 9.18 Å². The minimum atomic E-state index is -1.13. The third-order valence-corrected chi connectivity index (χ3v) is 7.44. The number of amides is 1. The molecule has 2 bridgehead atoms. The maximum absolute atomic E-state index is 14.2. The van der Waals surface area contributed by atoms with E-state index in [-0.39, 0.29) is 12.0 Å². The van der Waals surface area contributed by atoms with Gasteiger partial charge in [0.15, 0.2) is 5.82 Å². The van der Waals surface area contributed by atoms with Gasteiger partial charge in [-0.25, -0.2) is 4.39 Å². The van der Waals surface area contributed by atoms with Crippen molar-refractivity contribution in [1.29, 1.82) is 0 Å². The summed E-state index contributed by atoms with van der Waals surface area (Å²) >= 11 is 0. The van der Waals surface area contributed by atoms with Crippen LogP contribution in [0.3, 0.4) is 0 Å². The standard InChI is InChI=1S/C26H30FN5O4/c1-2-34-24-30-29-22(35-24)18-7-6-8-19(13-18)32(23(33)25-14-26(27,15-25)16-25)12-5-3-4-9-20-28-21(31-36-20)17-10-11-17/h6-8,13,17H,2-5,9-12,14-16H2,1H3. The van der Waals surface area contributed by atoms with Crippen molar-refractivity contribution >= 4 is 11.6 Å². The van der Waals surface area contributed by atoms with Gasteiger partial charge in [0.2, 0.25) is 11.8 Å². The van der Waals surface area contributed by atoms with Crippen LogP contribution in [0.4, 0.5) is 10.1 Å². The van der Waals surface area contributed by atoms with E-state index in [0.29, 0.717) is 55.7 Å². The Kier molecular flexibility index (Phi) is 5.76. The molecule has 190 valence electrons. The maximum Gasteiger partial charge on any atom is 0.414 e. The molecule has 0 radical (unpaired) electrons. The summed E-state index contributed by atoms with van der Waals surface area (Å²) in [6.07, 6.45) is 6.75. The molecule has 0 saturated heterocycles. The molecule has 0 unspecified atom stereocenters. The van der Waals surface area contributed by atoms with Crippen LogP contribution in [-0.2, 0) is 11.2 Å². The smallest absolute Gasteiger partial charge is 0.414 e. The van der Waals surface area contributed by atoms with Crippen LogP contribution < -0.4 is 9.64 Å². The summed E-state index contributed by atoms with van der Waals surface area (Å²) in [6, 6.07) is 7.49. The minimum Gasteiger partial charge on any atom is -0.449 e. The predicted octanol–water partition coefficient (Wildman–Crippen LogP) is 5.03. The van der Waals surface area contributed by atoms with Gasteiger partial charge in [-0.3, -0.25) is 4.79 Å². The second-order valence-electron chi connectivity index (χ2n) is 10.4. The monoisotopic (exact) mass is 495 g/mol. The lowest BCUT2D eigenvalue weighted by molar-refractivity contribution is -0.211. The van der Waals surface area contributed by atoms with E-state index in [4.69, 9.17) is 13.7 Å². The lowest BCUT2D eigenvalue weighted by atomic mass is 9.42. The Morgan fingerprint density at radius 3 is 2.78 bits per heavy atom. The average molecular weight is 496 g/mol. The first-order valence-corrected chi connectivity index (χ1v) is 12.9. The highest BCUT2D eigenvalue weighted by molar-refractivity contribution is 6.00. The lowest BCUT2D eigenvalue weighted by Gasteiger charge is -2.65. The van der Waals surface area contributed by atoms with Gasteiger partial charge < -0.3 is 18.6 Å². The number of aromatic nitrogens is 4. The summed E-state index contributed by atoms with van der Waals surface area (Å²) in [5, 5.41) is 12.0. The number of nitrogens with zero attached hydrogens (tertiary/aromatic N) is 5. The van der Waals surface area contributed by atoms with E-state index in [1.165, 1.54) is 0 Å². The van der Waals surface area contributed by atoms with Crippen molar-refractivity contribution in [2.45, 2.75) is 76.3 Å². The number of ether oxygens (including phenoxy) is 1. The van der Waals surface area contributed by atoms with Crippen LogP contribution in [0.5, 0.6) is 6.08 Å². The first-order valence-electron chi connectivity index (χ1n) is 12.9. The van der Waals surface area contributed by atoms with Crippen LogP contribution in [0, 0.1) is 5.41 Å². The fourth-order valence-corrected chi connectivity index (χ4v) is 5.44. The van der Waals surface area contributed by atoms with Gasteiger partial charge in [-0.15, -0.1) is 5.10 Å². The maximum atomic E-state index is 14.2. The summed E-state index contributed by atoms with van der Waals surface area (Å²) in [5.41, 5.74) is -0.241. The molecule has 3 aromatic rings. The van der Waals surface area contributed by atoms with Gasteiger partial charge >= 0.3 is 6.08 Å². The number of carbonyl (C=O) groups is 1. The SMILES string of the molecule is CCOc1nnc(-c2cccc(N(CCCCCc3nc(C4CC4)no3)C(=O)C34CC(F)(C3)C4)c2)o1. The molecule has 4 fully saturated rings. The summed E-state index contributed by atoms with van der Waals surface area (Å²) < 4.78 is 30.5. The van der Waals surface area contributed by atoms with Crippen molar-refractivity contribution in [3.05, 3.63) is 36.0 Å². The molecule has 0 atom stereocenters. The first-order chi connectivity index (χ1) is 17.5. The molecule has 0 spiro atoms. The zero-order chi connectivity index (χ0) is 24.8. The highest BCUT2D eigenvalue weighted by atomic mass is 19.1. The number of halogens is 1. The Bertz CT molecular complexity index is 1230. The second kappa shape index (κ2) is 8.97. The number of anilines is 1. The Labute approximate surface area is 208 Å². The molecule has 7 rings (SSSR count). The molecule has 0 N–H and O–H groups in total. The molecule has 0 aliphatic heterocycles. The van der Waals surface area contributed by atoms with Gasteiger partial charge in [-0.05, 0) is 70.1 Å². The lowest BCUT2D eigenvalue weighted by Crippen LogP contribution is -2.70. The van der Waals surface area contributed by atoms with Crippen LogP contribution in [0.1, 0.15) is 75.9 Å². The van der Waals surface area contributed by atoms with Gasteiger partial charge in [0, 0.05) is 30.1 Å². The van der Waals surface area contributed by atoms with Crippen LogP contribution >= 0.6 is 0 Å². The largest absolute Gasteiger partial charge is 0.449 e. The topological polar surface area (TPSA) is 107 Å². The van der Waals surface area contributed by atoms with Gasteiger partial charge in [0.05, 0.1) is 12.0 Å². The fraction of sp³-hybridized carbons (Fsp3) is 0.577. The first kappa shape index (κ1) is 23.1. The Hall–Kier alpha value is -3.30. The highest BCUT2D eigenvalue weighted by Crippen LogP contribution is 2.70. The number of benzene rings is 1. The molecule has 2 heterocycles. The van der Waals surface area contributed by atoms with Crippen molar-refractivity contribution in [2.75, 3.05) is 18.1 Å². The van der Waals surface area contributed by atoms with Gasteiger partial charge in [0.25, 0.3) is 5.89 Å². The van der Waals surface area contributed by atoms with E-state index in [0.717, 1.165) is 50.0 Å². The van der Waals surface area contributed by atoms with Crippen molar-refractivity contribution in [3.63, 3.8) is 0 Å². The molecule has 4 aliphatic carbocycles. The molecule has 1 aromatic carbocycles. The number of aryl methyl sites for hydroxylation is 1. The van der Waals surface area contributed by atoms with Crippen molar-refractivity contribution < 1.29 is 22.9 Å². The third-order valence-electron chi connectivity index (χ3n) is 7.44. The summed E-state index contributed by atoms with van der Waals surface area (Å²) in [6.45, 7) is 2.82. The van der Waals surface area contributed by atoms with E-state index >= 15 is 0 Å². The van der Waals surface area contributed by atoms with Gasteiger partial charge in [-0.2, -0.15) is 4.98 Å². The Morgan fingerprint density at radius 1 is 1.19 bits per heavy atom. The molecule has 4 saturated carbocycles. The van der Waals surface area contributed by atoms with Crippen LogP contribution in [0.25, 0.3) is 11.5 Å². The zero-order valence-corrected chi connectivity index (χ0v) is 20.4. The average Bonchev–Trinajstić information content (AvgIpc) is 3.39. The van der Waals surface area contributed by atoms with E-state index < -0.39 is 11.1 Å². The Balaban J connectivity index is 1.12. The molecular weight excluding hydrogens is 465 g/mol. The summed E-state index contributed by atoms with van der Waals surface area (Å²) in [5.74, 6) is 2.33. The highest BCUT2D eigenvalue weighted by Gasteiger charge is 2.73. The number of carbonyl (C=O) groups excluding carboxylic acids is 1. The normalized spacial score (nSPS) is 24.2. The summed E-state index contributed by atoms with van der Waals surface area (Å²) in [7, 11) is 0. The van der Waals surface area contributed by atoms with Crippen LogP contribution in [-0.4, -0.2) is 45.1 Å². The summed E-state index contributed by atoms with van der Waals surface area (Å²) in [4.78, 5) is 19.9. The molecule has 36 heavy (non-hydrogen) atoms. The quantitative estimate of drug-likeness (QED) is 0.322. The molecule has 10 heteroatoms. The van der Waals surface area contributed by atoms with Crippen LogP contribution in [0.15, 0.2) is 33.2 Å². The predicted molar refractivity (Wildman–Crippen MR) is 127 cm³/mol. The third kappa shape index (κ3) is 4.37.